The van der Waals surface area contributed by atoms with E-state index in [1.54, 1.807) is 0 Å². The predicted molar refractivity (Wildman–Crippen MR) is 65.7 cm³/mol. The number of hydrogen-bond acceptors (Lipinski definition) is 1. The number of Topliss-reactive ketones (excluding diaryl/α,β-unsaturated/α-hetero) is 1. The van der Waals surface area contributed by atoms with Crippen LogP contribution in [0.15, 0.2) is 0 Å². The summed E-state index contributed by atoms with van der Waals surface area (Å²) >= 11 is 8.77. The second-order valence-electron chi connectivity index (χ2n) is 4.11. The molecular formula is C9H10Br2OSe2. The predicted octanol–water partition coefficient (Wildman–Crippen LogP) is 2.04. The Morgan fingerprint density at radius 1 is 1.00 bits per heavy atom. The van der Waals surface area contributed by atoms with Crippen molar-refractivity contribution in [3.63, 3.8) is 0 Å². The van der Waals surface area contributed by atoms with Gasteiger partial charge < -0.3 is 0 Å². The molecule has 78 valence electrons. The van der Waals surface area contributed by atoms with Crippen LogP contribution in [0.5, 0.6) is 0 Å². The number of hydrogen-bond donors (Lipinski definition) is 0. The zero-order valence-electron chi connectivity index (χ0n) is 7.36. The van der Waals surface area contributed by atoms with Crippen molar-refractivity contribution in [3.8, 4) is 0 Å². The molecule has 3 aliphatic rings. The summed E-state index contributed by atoms with van der Waals surface area (Å²) in [6.07, 6.45) is 2.28. The summed E-state index contributed by atoms with van der Waals surface area (Å²) in [4.78, 5) is 13.7. The van der Waals surface area contributed by atoms with Crippen LogP contribution in [0.25, 0.3) is 0 Å². The zero-order valence-corrected chi connectivity index (χ0v) is 14.0. The molecule has 6 atom stereocenters. The normalized spacial score (nSPS) is 56.3. The molecule has 0 spiro atoms. The van der Waals surface area contributed by atoms with Gasteiger partial charge in [0, 0.05) is 0 Å². The van der Waals surface area contributed by atoms with Crippen LogP contribution in [0.2, 0.25) is 9.63 Å². The van der Waals surface area contributed by atoms with Gasteiger partial charge in [-0.05, 0) is 0 Å². The van der Waals surface area contributed by atoms with Gasteiger partial charge in [0.05, 0.1) is 0 Å². The Hall–Kier alpha value is 1.67. The summed E-state index contributed by atoms with van der Waals surface area (Å²) < 4.78 is 1.36. The first-order valence-corrected chi connectivity index (χ1v) is 10.6. The Kier molecular flexibility index (Phi) is 2.97. The summed E-state index contributed by atoms with van der Waals surface area (Å²) in [6.45, 7) is 0. The number of carbonyl (C=O) groups excluding carboxylic acids is 1. The fourth-order valence-electron chi connectivity index (χ4n) is 2.75. The van der Waals surface area contributed by atoms with Gasteiger partial charge in [-0.25, -0.2) is 0 Å². The van der Waals surface area contributed by atoms with Gasteiger partial charge in [-0.2, -0.15) is 0 Å². The van der Waals surface area contributed by atoms with Gasteiger partial charge in [0.2, 0.25) is 0 Å². The van der Waals surface area contributed by atoms with Crippen LogP contribution in [-0.4, -0.2) is 43.1 Å². The van der Waals surface area contributed by atoms with E-state index in [2.05, 4.69) is 31.9 Å². The van der Waals surface area contributed by atoms with E-state index in [9.17, 15) is 4.79 Å². The van der Waals surface area contributed by atoms with Crippen LogP contribution in [0, 0.1) is 11.8 Å². The Bertz CT molecular complexity index is 260. The zero-order chi connectivity index (χ0) is 9.87. The van der Waals surface area contributed by atoms with Crippen LogP contribution in [-0.2, 0) is 4.79 Å². The van der Waals surface area contributed by atoms with Crippen molar-refractivity contribution in [2.75, 3.05) is 0 Å². The number of fused-ring (bicyclic) bond motifs is 3. The minimum atomic E-state index is 0.455. The van der Waals surface area contributed by atoms with Crippen LogP contribution >= 0.6 is 31.9 Å². The van der Waals surface area contributed by atoms with Gasteiger partial charge >= 0.3 is 114 Å². The SMILES string of the molecule is O=C1C2CC(Br)[Se]C2C2[Se]C(Br)CC12. The second-order valence-corrected chi connectivity index (χ2v) is 14.9. The Balaban J connectivity index is 1.87. The van der Waals surface area contributed by atoms with E-state index in [1.165, 1.54) is 0 Å². The molecule has 3 rings (SSSR count). The monoisotopic (exact) mass is 452 g/mol. The van der Waals surface area contributed by atoms with Gasteiger partial charge in [0.15, 0.2) is 0 Å². The molecule has 1 aliphatic carbocycles. The van der Waals surface area contributed by atoms with Crippen molar-refractivity contribution in [2.45, 2.75) is 29.9 Å². The van der Waals surface area contributed by atoms with Gasteiger partial charge in [0.1, 0.15) is 0 Å². The van der Waals surface area contributed by atoms with Crippen molar-refractivity contribution in [2.24, 2.45) is 11.8 Å². The first-order chi connectivity index (χ1) is 6.66. The van der Waals surface area contributed by atoms with E-state index in [-0.39, 0.29) is 0 Å². The molecule has 0 aromatic rings. The van der Waals surface area contributed by atoms with Crippen molar-refractivity contribution in [1.29, 1.82) is 0 Å². The number of rotatable bonds is 0. The first kappa shape index (κ1) is 10.8. The molecule has 2 heterocycles. The first-order valence-electron chi connectivity index (χ1n) is 4.79. The van der Waals surface area contributed by atoms with E-state index in [4.69, 9.17) is 0 Å². The van der Waals surface area contributed by atoms with Crippen molar-refractivity contribution >= 4 is 67.6 Å². The molecule has 14 heavy (non-hydrogen) atoms. The molecule has 5 heteroatoms. The average molecular weight is 452 g/mol. The molecule has 3 fully saturated rings. The minimum absolute atomic E-state index is 0.455. The summed E-state index contributed by atoms with van der Waals surface area (Å²) in [6, 6.07) is 0. The van der Waals surface area contributed by atoms with Crippen molar-refractivity contribution < 1.29 is 4.79 Å². The molecule has 2 aliphatic heterocycles. The van der Waals surface area contributed by atoms with E-state index in [1.807, 2.05) is 0 Å². The van der Waals surface area contributed by atoms with E-state index in [0.717, 1.165) is 22.5 Å². The third-order valence-electron chi connectivity index (χ3n) is 3.34. The van der Waals surface area contributed by atoms with Crippen LogP contribution < -0.4 is 0 Å². The molecule has 2 saturated heterocycles. The molecule has 0 radical (unpaired) electrons. The van der Waals surface area contributed by atoms with Gasteiger partial charge in [0.25, 0.3) is 0 Å². The van der Waals surface area contributed by atoms with Crippen LogP contribution in [0.3, 0.4) is 0 Å². The average Bonchev–Trinajstić information content (AvgIpc) is 2.71. The summed E-state index contributed by atoms with van der Waals surface area (Å²) in [7, 11) is 0. The molecule has 1 nitrogen and oxygen atoms in total. The van der Waals surface area contributed by atoms with E-state index >= 15 is 0 Å². The quantitative estimate of drug-likeness (QED) is 0.407. The fraction of sp³-hybridized carbons (Fsp3) is 0.889. The topological polar surface area (TPSA) is 17.1 Å². The Labute approximate surface area is 113 Å². The maximum atomic E-state index is 12.1. The number of halogens is 2. The number of alkyl halides is 2. The second kappa shape index (κ2) is 3.85. The molecule has 0 N–H and O–H groups in total. The number of ketones is 1. The van der Waals surface area contributed by atoms with Crippen LogP contribution in [0.4, 0.5) is 0 Å². The molecule has 0 aromatic carbocycles. The molecule has 1 saturated carbocycles. The van der Waals surface area contributed by atoms with E-state index < -0.39 is 0 Å². The molecule has 6 unspecified atom stereocenters. The molecule has 0 bridgehead atoms. The van der Waals surface area contributed by atoms with Crippen molar-refractivity contribution in [1.82, 2.24) is 0 Å². The Morgan fingerprint density at radius 3 is 1.86 bits per heavy atom. The van der Waals surface area contributed by atoms with Crippen LogP contribution in [0.1, 0.15) is 12.8 Å². The standard InChI is InChI=1S/C9H10Br2OSe2/c10-5-1-3-7(12)4-2-6(11)14-9(4)8(3)13-5/h3-6,8-9H,1-2H2. The molecular weight excluding hydrogens is 442 g/mol. The van der Waals surface area contributed by atoms with E-state index in [0.29, 0.717) is 55.0 Å². The molecule has 0 amide bonds. The summed E-state index contributed by atoms with van der Waals surface area (Å²) in [5.41, 5.74) is 0. The van der Waals surface area contributed by atoms with Gasteiger partial charge in [-0.15, -0.1) is 0 Å². The Morgan fingerprint density at radius 2 is 1.43 bits per heavy atom. The van der Waals surface area contributed by atoms with Gasteiger partial charge in [-0.3, -0.25) is 0 Å². The summed E-state index contributed by atoms with van der Waals surface area (Å²) in [5.74, 6) is 1.53. The van der Waals surface area contributed by atoms with Gasteiger partial charge in [-0.1, -0.05) is 0 Å². The fourth-order valence-corrected chi connectivity index (χ4v) is 13.6. The summed E-state index contributed by atoms with van der Waals surface area (Å²) in [5, 5.41) is 0. The van der Waals surface area contributed by atoms with Crippen molar-refractivity contribution in [3.05, 3.63) is 0 Å². The maximum absolute atomic E-state index is 12.1. The molecule has 0 aromatic heterocycles. The number of carbonyl (C=O) groups is 1. The third kappa shape index (κ3) is 1.55. The third-order valence-corrected chi connectivity index (χ3v) is 13.2.